The second-order valence-electron chi connectivity index (χ2n) is 4.64. The quantitative estimate of drug-likeness (QED) is 0.624. The van der Waals surface area contributed by atoms with Gasteiger partial charge in [-0.05, 0) is 30.3 Å². The molecule has 0 radical (unpaired) electrons. The number of amides is 2. The predicted octanol–water partition coefficient (Wildman–Crippen LogP) is 1.71. The Bertz CT molecular complexity index is 694. The normalized spacial score (nSPS) is 9.96. The van der Waals surface area contributed by atoms with E-state index >= 15 is 0 Å². The summed E-state index contributed by atoms with van der Waals surface area (Å²) in [6, 6.07) is 9.89. The van der Waals surface area contributed by atoms with Crippen LogP contribution in [0.25, 0.3) is 0 Å². The molecule has 2 amide bonds. The van der Waals surface area contributed by atoms with Crippen LogP contribution >= 0.6 is 0 Å². The van der Waals surface area contributed by atoms with Gasteiger partial charge >= 0.3 is 5.97 Å². The molecule has 1 aromatic carbocycles. The Morgan fingerprint density at radius 3 is 2.70 bits per heavy atom. The number of furan rings is 1. The molecule has 0 fully saturated rings. The fourth-order valence-corrected chi connectivity index (χ4v) is 1.83. The number of rotatable bonds is 6. The van der Waals surface area contributed by atoms with E-state index in [1.165, 1.54) is 19.4 Å². The van der Waals surface area contributed by atoms with Gasteiger partial charge in [0.2, 0.25) is 5.91 Å². The van der Waals surface area contributed by atoms with Crippen LogP contribution in [0.4, 0.5) is 5.69 Å². The number of nitrogens with one attached hydrogen (secondary N) is 2. The molecule has 7 nitrogen and oxygen atoms in total. The zero-order valence-corrected chi connectivity index (χ0v) is 12.5. The summed E-state index contributed by atoms with van der Waals surface area (Å²) < 4.78 is 9.54. The van der Waals surface area contributed by atoms with Crippen LogP contribution in [0.5, 0.6) is 0 Å². The van der Waals surface area contributed by atoms with Crippen LogP contribution in [0, 0.1) is 0 Å². The standard InChI is InChI=1S/C16H16N2O5/c1-22-15(20)9-14(19)18-12-5-2-4-11(8-12)16(21)17-10-13-6-3-7-23-13/h2-8H,9-10H2,1H3,(H,17,21)(H,18,19). The molecule has 2 rings (SSSR count). The van der Waals surface area contributed by atoms with E-state index in [1.807, 2.05) is 0 Å². The minimum atomic E-state index is -0.630. The SMILES string of the molecule is COC(=O)CC(=O)Nc1cccc(C(=O)NCc2ccco2)c1. The van der Waals surface area contributed by atoms with Crippen molar-refractivity contribution in [1.29, 1.82) is 0 Å². The molecule has 0 atom stereocenters. The van der Waals surface area contributed by atoms with Gasteiger partial charge in [0.05, 0.1) is 19.9 Å². The molecule has 120 valence electrons. The van der Waals surface area contributed by atoms with E-state index in [0.29, 0.717) is 17.0 Å². The fraction of sp³-hybridized carbons (Fsp3) is 0.188. The van der Waals surface area contributed by atoms with Crippen molar-refractivity contribution < 1.29 is 23.5 Å². The Balaban J connectivity index is 1.94. The summed E-state index contributed by atoms with van der Waals surface area (Å²) in [6.07, 6.45) is 1.14. The summed E-state index contributed by atoms with van der Waals surface area (Å²) in [5.41, 5.74) is 0.803. The summed E-state index contributed by atoms with van der Waals surface area (Å²) in [5, 5.41) is 5.24. The van der Waals surface area contributed by atoms with E-state index in [1.54, 1.807) is 30.3 Å². The summed E-state index contributed by atoms with van der Waals surface area (Å²) in [6.45, 7) is 0.269. The second-order valence-corrected chi connectivity index (χ2v) is 4.64. The molecular weight excluding hydrogens is 300 g/mol. The van der Waals surface area contributed by atoms with E-state index in [9.17, 15) is 14.4 Å². The number of anilines is 1. The molecule has 0 bridgehead atoms. The van der Waals surface area contributed by atoms with Crippen molar-refractivity contribution in [3.63, 3.8) is 0 Å². The zero-order chi connectivity index (χ0) is 16.7. The maximum absolute atomic E-state index is 12.1. The van der Waals surface area contributed by atoms with Crippen molar-refractivity contribution in [2.75, 3.05) is 12.4 Å². The third kappa shape index (κ3) is 4.99. The number of benzene rings is 1. The van der Waals surface area contributed by atoms with E-state index in [2.05, 4.69) is 15.4 Å². The van der Waals surface area contributed by atoms with Crippen LogP contribution < -0.4 is 10.6 Å². The molecule has 1 aromatic heterocycles. The van der Waals surface area contributed by atoms with Gasteiger partial charge in [0.15, 0.2) is 0 Å². The Morgan fingerprint density at radius 2 is 2.00 bits per heavy atom. The van der Waals surface area contributed by atoms with Gasteiger partial charge in [-0.1, -0.05) is 6.07 Å². The molecule has 0 saturated carbocycles. The van der Waals surface area contributed by atoms with Crippen molar-refractivity contribution in [3.05, 3.63) is 54.0 Å². The van der Waals surface area contributed by atoms with Crippen molar-refractivity contribution in [3.8, 4) is 0 Å². The van der Waals surface area contributed by atoms with Gasteiger partial charge in [-0.25, -0.2) is 0 Å². The van der Waals surface area contributed by atoms with Gasteiger partial charge in [0.1, 0.15) is 12.2 Å². The lowest BCUT2D eigenvalue weighted by molar-refractivity contribution is -0.142. The van der Waals surface area contributed by atoms with Gasteiger partial charge < -0.3 is 19.8 Å². The van der Waals surface area contributed by atoms with E-state index < -0.39 is 11.9 Å². The lowest BCUT2D eigenvalue weighted by atomic mass is 10.2. The molecule has 0 aliphatic heterocycles. The lowest BCUT2D eigenvalue weighted by Gasteiger charge is -2.07. The highest BCUT2D eigenvalue weighted by molar-refractivity contribution is 6.02. The van der Waals surface area contributed by atoms with Gasteiger partial charge in [0.25, 0.3) is 5.91 Å². The van der Waals surface area contributed by atoms with Gasteiger partial charge in [-0.3, -0.25) is 14.4 Å². The summed E-state index contributed by atoms with van der Waals surface area (Å²) in [4.78, 5) is 34.7. The summed E-state index contributed by atoms with van der Waals surface area (Å²) in [5.74, 6) is -0.800. The maximum Gasteiger partial charge on any atom is 0.315 e. The molecule has 23 heavy (non-hydrogen) atoms. The molecule has 0 aliphatic carbocycles. The number of ether oxygens (including phenoxy) is 1. The monoisotopic (exact) mass is 316 g/mol. The van der Waals surface area contributed by atoms with E-state index in [4.69, 9.17) is 4.42 Å². The van der Waals surface area contributed by atoms with Crippen molar-refractivity contribution >= 4 is 23.5 Å². The number of esters is 1. The fourth-order valence-electron chi connectivity index (χ4n) is 1.83. The number of carbonyl (C=O) groups is 3. The van der Waals surface area contributed by atoms with Crippen LogP contribution in [0.3, 0.4) is 0 Å². The number of carbonyl (C=O) groups excluding carboxylic acids is 3. The number of hydrogen-bond acceptors (Lipinski definition) is 5. The van der Waals surface area contributed by atoms with Crippen molar-refractivity contribution in [1.82, 2.24) is 5.32 Å². The van der Waals surface area contributed by atoms with Crippen LogP contribution in [-0.2, 0) is 20.9 Å². The van der Waals surface area contributed by atoms with Crippen LogP contribution in [0.1, 0.15) is 22.5 Å². The van der Waals surface area contributed by atoms with E-state index in [0.717, 1.165) is 0 Å². The minimum absolute atomic E-state index is 0.269. The average molecular weight is 316 g/mol. The molecule has 0 unspecified atom stereocenters. The van der Waals surface area contributed by atoms with Crippen LogP contribution in [-0.4, -0.2) is 24.9 Å². The topological polar surface area (TPSA) is 97.6 Å². The molecule has 7 heteroatoms. The first-order chi connectivity index (χ1) is 11.1. The Hall–Kier alpha value is -3.09. The Labute approximate surface area is 132 Å². The van der Waals surface area contributed by atoms with E-state index in [-0.39, 0.29) is 18.9 Å². The maximum atomic E-state index is 12.1. The number of hydrogen-bond donors (Lipinski definition) is 2. The summed E-state index contributed by atoms with van der Waals surface area (Å²) >= 11 is 0. The first kappa shape index (κ1) is 16.3. The molecule has 2 N–H and O–H groups in total. The Morgan fingerprint density at radius 1 is 1.17 bits per heavy atom. The minimum Gasteiger partial charge on any atom is -0.469 e. The smallest absolute Gasteiger partial charge is 0.315 e. The molecular formula is C16H16N2O5. The highest BCUT2D eigenvalue weighted by atomic mass is 16.5. The third-order valence-electron chi connectivity index (χ3n) is 2.94. The van der Waals surface area contributed by atoms with Crippen LogP contribution in [0.2, 0.25) is 0 Å². The Kier molecular flexibility index (Phi) is 5.51. The lowest BCUT2D eigenvalue weighted by Crippen LogP contribution is -2.23. The second kappa shape index (κ2) is 7.79. The molecule has 2 aromatic rings. The third-order valence-corrected chi connectivity index (χ3v) is 2.94. The van der Waals surface area contributed by atoms with Crippen molar-refractivity contribution in [2.24, 2.45) is 0 Å². The summed E-state index contributed by atoms with van der Waals surface area (Å²) in [7, 11) is 1.21. The van der Waals surface area contributed by atoms with Gasteiger partial charge in [0, 0.05) is 11.3 Å². The average Bonchev–Trinajstić information content (AvgIpc) is 3.06. The van der Waals surface area contributed by atoms with Gasteiger partial charge in [-0.2, -0.15) is 0 Å². The van der Waals surface area contributed by atoms with Gasteiger partial charge in [-0.15, -0.1) is 0 Å². The molecule has 0 saturated heterocycles. The molecule has 0 aliphatic rings. The van der Waals surface area contributed by atoms with Crippen molar-refractivity contribution in [2.45, 2.75) is 13.0 Å². The highest BCUT2D eigenvalue weighted by Gasteiger charge is 2.11. The van der Waals surface area contributed by atoms with Crippen LogP contribution in [0.15, 0.2) is 47.1 Å². The number of methoxy groups -OCH3 is 1. The first-order valence-electron chi connectivity index (χ1n) is 6.86. The molecule has 0 spiro atoms. The highest BCUT2D eigenvalue weighted by Crippen LogP contribution is 2.11. The largest absolute Gasteiger partial charge is 0.469 e. The molecule has 1 heterocycles. The predicted molar refractivity (Wildman–Crippen MR) is 81.6 cm³/mol. The first-order valence-corrected chi connectivity index (χ1v) is 6.86. The zero-order valence-electron chi connectivity index (χ0n) is 12.5.